The zero-order chi connectivity index (χ0) is 10.1. The molecule has 0 aliphatic heterocycles. The Kier molecular flexibility index (Phi) is 2.66. The summed E-state index contributed by atoms with van der Waals surface area (Å²) >= 11 is 5.28. The normalized spacial score (nSPS) is 11.5. The minimum atomic E-state index is -4.54. The van der Waals surface area contributed by atoms with E-state index >= 15 is 0 Å². The van der Waals surface area contributed by atoms with Crippen LogP contribution in [-0.4, -0.2) is 12.1 Å². The molecule has 0 spiro atoms. The molecule has 0 bridgehead atoms. The molecule has 0 aromatic carbocycles. The summed E-state index contributed by atoms with van der Waals surface area (Å²) in [6, 6.07) is 1.11. The van der Waals surface area contributed by atoms with E-state index in [0.717, 1.165) is 19.4 Å². The van der Waals surface area contributed by atoms with Crippen molar-refractivity contribution in [2.75, 3.05) is 7.11 Å². The minimum Gasteiger partial charge on any atom is -0.496 e. The lowest BCUT2D eigenvalue weighted by molar-refractivity contribution is -0.138. The number of hydrogen-bond acceptors (Lipinski definition) is 2. The van der Waals surface area contributed by atoms with E-state index in [1.807, 2.05) is 0 Å². The van der Waals surface area contributed by atoms with Crippen LogP contribution in [-0.2, 0) is 6.18 Å². The maximum atomic E-state index is 12.3. The lowest BCUT2D eigenvalue weighted by Gasteiger charge is -2.11. The summed E-state index contributed by atoms with van der Waals surface area (Å²) < 4.78 is 41.4. The van der Waals surface area contributed by atoms with E-state index in [-0.39, 0.29) is 5.75 Å². The highest BCUT2D eigenvalue weighted by Gasteiger charge is 2.37. The Morgan fingerprint density at radius 3 is 2.46 bits per heavy atom. The van der Waals surface area contributed by atoms with Crippen LogP contribution in [0.5, 0.6) is 5.75 Å². The topological polar surface area (TPSA) is 22.1 Å². The lowest BCUT2D eigenvalue weighted by Crippen LogP contribution is -2.09. The first-order valence-corrected chi connectivity index (χ1v) is 3.60. The molecule has 0 fully saturated rings. The first-order chi connectivity index (χ1) is 5.96. The van der Waals surface area contributed by atoms with Crippen LogP contribution in [0, 0.1) is 0 Å². The van der Waals surface area contributed by atoms with Gasteiger partial charge in [-0.1, -0.05) is 11.6 Å². The molecule has 0 radical (unpaired) electrons. The lowest BCUT2D eigenvalue weighted by atomic mass is 10.2. The molecular formula is C7H5ClF3NO. The molecule has 1 heterocycles. The molecule has 0 aliphatic carbocycles. The third-order valence-electron chi connectivity index (χ3n) is 1.37. The molecule has 1 rings (SSSR count). The molecule has 6 heteroatoms. The second-order valence-corrected chi connectivity index (χ2v) is 2.53. The van der Waals surface area contributed by atoms with Crippen molar-refractivity contribution < 1.29 is 17.9 Å². The summed E-state index contributed by atoms with van der Waals surface area (Å²) in [6.07, 6.45) is -3.40. The Hall–Kier alpha value is -0.970. The third-order valence-corrected chi connectivity index (χ3v) is 1.66. The highest BCUT2D eigenvalue weighted by molar-refractivity contribution is 6.30. The number of ether oxygens (including phenoxy) is 1. The van der Waals surface area contributed by atoms with Crippen LogP contribution in [0.3, 0.4) is 0 Å². The van der Waals surface area contributed by atoms with Crippen LogP contribution in [0.4, 0.5) is 13.2 Å². The highest BCUT2D eigenvalue weighted by atomic mass is 35.5. The van der Waals surface area contributed by atoms with Crippen molar-refractivity contribution in [2.24, 2.45) is 0 Å². The van der Waals surface area contributed by atoms with E-state index in [1.54, 1.807) is 0 Å². The first-order valence-electron chi connectivity index (χ1n) is 3.22. The smallest absolute Gasteiger partial charge is 0.422 e. The maximum Gasteiger partial charge on any atom is 0.422 e. The summed E-state index contributed by atoms with van der Waals surface area (Å²) in [5.74, 6) is -0.326. The molecule has 2 nitrogen and oxygen atoms in total. The molecule has 0 aliphatic rings. The Balaban J connectivity index is 3.32. The van der Waals surface area contributed by atoms with E-state index in [4.69, 9.17) is 11.6 Å². The number of alkyl halides is 3. The van der Waals surface area contributed by atoms with Crippen molar-refractivity contribution in [2.45, 2.75) is 6.18 Å². The van der Waals surface area contributed by atoms with E-state index in [0.29, 0.717) is 0 Å². The molecule has 0 N–H and O–H groups in total. The summed E-state index contributed by atoms with van der Waals surface area (Å²) in [5.41, 5.74) is -1.04. The van der Waals surface area contributed by atoms with Gasteiger partial charge in [-0.2, -0.15) is 13.2 Å². The van der Waals surface area contributed by atoms with Gasteiger partial charge in [0.25, 0.3) is 0 Å². The van der Waals surface area contributed by atoms with Crippen molar-refractivity contribution in [3.63, 3.8) is 0 Å². The van der Waals surface area contributed by atoms with Crippen molar-refractivity contribution in [1.82, 2.24) is 4.98 Å². The van der Waals surface area contributed by atoms with Gasteiger partial charge < -0.3 is 4.74 Å². The highest BCUT2D eigenvalue weighted by Crippen LogP contribution is 2.39. The Morgan fingerprint density at radius 1 is 1.46 bits per heavy atom. The molecule has 0 saturated heterocycles. The number of rotatable bonds is 1. The predicted octanol–water partition coefficient (Wildman–Crippen LogP) is 2.76. The van der Waals surface area contributed by atoms with E-state index in [9.17, 15) is 13.2 Å². The summed E-state index contributed by atoms with van der Waals surface area (Å²) in [7, 11) is 1.14. The SMILES string of the molecule is COc1ccnc(Cl)c1C(F)(F)F. The van der Waals surface area contributed by atoms with Crippen molar-refractivity contribution in [3.8, 4) is 5.75 Å². The summed E-state index contributed by atoms with van der Waals surface area (Å²) in [4.78, 5) is 3.32. The van der Waals surface area contributed by atoms with Gasteiger partial charge in [0.15, 0.2) is 0 Å². The van der Waals surface area contributed by atoms with Crippen LogP contribution >= 0.6 is 11.6 Å². The standard InChI is InChI=1S/C7H5ClF3NO/c1-13-4-2-3-12-6(8)5(4)7(9,10)11/h2-3H,1H3. The van der Waals surface area contributed by atoms with Gasteiger partial charge in [-0.15, -0.1) is 0 Å². The fourth-order valence-corrected chi connectivity index (χ4v) is 1.10. The van der Waals surface area contributed by atoms with Gasteiger partial charge in [-0.05, 0) is 6.07 Å². The van der Waals surface area contributed by atoms with Crippen LogP contribution < -0.4 is 4.74 Å². The van der Waals surface area contributed by atoms with Gasteiger partial charge in [-0.25, -0.2) is 4.98 Å². The molecule has 1 aromatic rings. The molecular weight excluding hydrogens is 207 g/mol. The van der Waals surface area contributed by atoms with Gasteiger partial charge in [0, 0.05) is 6.20 Å². The van der Waals surface area contributed by atoms with Gasteiger partial charge in [0.1, 0.15) is 16.5 Å². The van der Waals surface area contributed by atoms with Crippen LogP contribution in [0.25, 0.3) is 0 Å². The zero-order valence-electron chi connectivity index (χ0n) is 6.52. The quantitative estimate of drug-likeness (QED) is 0.667. The number of nitrogens with zero attached hydrogens (tertiary/aromatic N) is 1. The van der Waals surface area contributed by atoms with Crippen molar-refractivity contribution in [3.05, 3.63) is 23.0 Å². The van der Waals surface area contributed by atoms with E-state index in [2.05, 4.69) is 9.72 Å². The average Bonchev–Trinajstić information content (AvgIpc) is 2.01. The van der Waals surface area contributed by atoms with Gasteiger partial charge in [0.2, 0.25) is 0 Å². The molecule has 0 saturated carbocycles. The Bertz CT molecular complexity index is 313. The third kappa shape index (κ3) is 2.03. The second kappa shape index (κ2) is 3.41. The molecule has 13 heavy (non-hydrogen) atoms. The Labute approximate surface area is 77.3 Å². The molecule has 0 amide bonds. The average molecular weight is 212 g/mol. The van der Waals surface area contributed by atoms with E-state index < -0.39 is 16.9 Å². The predicted molar refractivity (Wildman–Crippen MR) is 40.8 cm³/mol. The number of methoxy groups -OCH3 is 1. The van der Waals surface area contributed by atoms with Crippen LogP contribution in [0.1, 0.15) is 5.56 Å². The molecule has 72 valence electrons. The number of hydrogen-bond donors (Lipinski definition) is 0. The number of halogens is 4. The number of aromatic nitrogens is 1. The summed E-state index contributed by atoms with van der Waals surface area (Å²) in [6.45, 7) is 0. The monoisotopic (exact) mass is 211 g/mol. The van der Waals surface area contributed by atoms with Crippen LogP contribution in [0.2, 0.25) is 5.15 Å². The van der Waals surface area contributed by atoms with E-state index in [1.165, 1.54) is 0 Å². The first kappa shape index (κ1) is 10.1. The van der Waals surface area contributed by atoms with Crippen molar-refractivity contribution in [1.29, 1.82) is 0 Å². The Morgan fingerprint density at radius 2 is 2.08 bits per heavy atom. The van der Waals surface area contributed by atoms with Gasteiger partial charge >= 0.3 is 6.18 Å². The fourth-order valence-electron chi connectivity index (χ4n) is 0.847. The van der Waals surface area contributed by atoms with Gasteiger partial charge in [0.05, 0.1) is 7.11 Å². The van der Waals surface area contributed by atoms with Crippen LogP contribution in [0.15, 0.2) is 12.3 Å². The molecule has 0 unspecified atom stereocenters. The second-order valence-electron chi connectivity index (χ2n) is 2.18. The molecule has 0 atom stereocenters. The van der Waals surface area contributed by atoms with Crippen molar-refractivity contribution >= 4 is 11.6 Å². The van der Waals surface area contributed by atoms with Gasteiger partial charge in [-0.3, -0.25) is 0 Å². The summed E-state index contributed by atoms with van der Waals surface area (Å²) in [5, 5.41) is -0.605. The number of pyridine rings is 1. The maximum absolute atomic E-state index is 12.3. The molecule has 1 aromatic heterocycles. The largest absolute Gasteiger partial charge is 0.496 e. The minimum absolute atomic E-state index is 0.326. The zero-order valence-corrected chi connectivity index (χ0v) is 7.28. The fraction of sp³-hybridized carbons (Fsp3) is 0.286.